The van der Waals surface area contributed by atoms with E-state index in [1.165, 1.54) is 12.8 Å². The first-order chi connectivity index (χ1) is 7.72. The van der Waals surface area contributed by atoms with Gasteiger partial charge >= 0.3 is 0 Å². The van der Waals surface area contributed by atoms with Crippen LogP contribution in [0.3, 0.4) is 0 Å². The number of carbonyl (C=O) groups excluding carboxylic acids is 1. The van der Waals surface area contributed by atoms with E-state index in [2.05, 4.69) is 5.32 Å². The number of ether oxygens (including phenoxy) is 1. The summed E-state index contributed by atoms with van der Waals surface area (Å²) in [7, 11) is 0. The molecule has 3 N–H and O–H groups in total. The molecule has 16 heavy (non-hydrogen) atoms. The molecule has 2 aliphatic rings. The number of nitrogens with one attached hydrogen (secondary N) is 1. The monoisotopic (exact) mass is 226 g/mol. The number of nitrogens with two attached hydrogens (primary N) is 1. The Morgan fingerprint density at radius 3 is 2.69 bits per heavy atom. The molecule has 92 valence electrons. The van der Waals surface area contributed by atoms with Crippen molar-refractivity contribution in [2.24, 2.45) is 11.7 Å². The van der Waals surface area contributed by atoms with Crippen LogP contribution < -0.4 is 11.1 Å². The lowest BCUT2D eigenvalue weighted by atomic mass is 9.83. The smallest absolute Gasteiger partial charge is 0.223 e. The van der Waals surface area contributed by atoms with E-state index in [1.807, 2.05) is 6.92 Å². The second kappa shape index (κ2) is 5.15. The molecule has 0 bridgehead atoms. The van der Waals surface area contributed by atoms with Crippen LogP contribution in [-0.2, 0) is 9.53 Å². The summed E-state index contributed by atoms with van der Waals surface area (Å²) in [4.78, 5) is 11.9. The van der Waals surface area contributed by atoms with E-state index in [4.69, 9.17) is 10.5 Å². The molecule has 0 aromatic carbocycles. The van der Waals surface area contributed by atoms with Gasteiger partial charge in [-0.2, -0.15) is 0 Å². The molecule has 0 aliphatic heterocycles. The van der Waals surface area contributed by atoms with Gasteiger partial charge in [-0.1, -0.05) is 12.8 Å². The molecule has 2 aliphatic carbocycles. The van der Waals surface area contributed by atoms with E-state index >= 15 is 0 Å². The lowest BCUT2D eigenvalue weighted by molar-refractivity contribution is -0.129. The number of carbonyl (C=O) groups is 1. The first kappa shape index (κ1) is 11.9. The maximum absolute atomic E-state index is 11.9. The van der Waals surface area contributed by atoms with E-state index in [9.17, 15) is 4.79 Å². The minimum atomic E-state index is 0.0352. The predicted octanol–water partition coefficient (Wildman–Crippen LogP) is 0.797. The van der Waals surface area contributed by atoms with E-state index in [0.29, 0.717) is 6.61 Å². The summed E-state index contributed by atoms with van der Waals surface area (Å²) in [6.07, 6.45) is 5.43. The third-order valence-corrected chi connectivity index (χ3v) is 3.78. The molecule has 1 amide bonds. The van der Waals surface area contributed by atoms with Gasteiger partial charge in [0, 0.05) is 18.6 Å². The molecule has 2 saturated carbocycles. The van der Waals surface area contributed by atoms with Gasteiger partial charge in [-0.05, 0) is 26.2 Å². The van der Waals surface area contributed by atoms with Crippen molar-refractivity contribution in [3.8, 4) is 0 Å². The maximum atomic E-state index is 11.9. The topological polar surface area (TPSA) is 64.3 Å². The molecule has 0 aromatic rings. The molecule has 0 saturated heterocycles. The fraction of sp³-hybridized carbons (Fsp3) is 0.917. The second-order valence-electron chi connectivity index (χ2n) is 4.91. The summed E-state index contributed by atoms with van der Waals surface area (Å²) in [5.41, 5.74) is 5.90. The van der Waals surface area contributed by atoms with Crippen molar-refractivity contribution in [2.75, 3.05) is 6.61 Å². The first-order valence-corrected chi connectivity index (χ1v) is 6.40. The number of amides is 1. The number of hydrogen-bond acceptors (Lipinski definition) is 3. The van der Waals surface area contributed by atoms with Crippen molar-refractivity contribution in [1.82, 2.24) is 5.32 Å². The summed E-state index contributed by atoms with van der Waals surface area (Å²) in [6, 6.07) is 0.106. The van der Waals surface area contributed by atoms with Gasteiger partial charge in [0.15, 0.2) is 0 Å². The number of hydrogen-bond donors (Lipinski definition) is 2. The van der Waals surface area contributed by atoms with Gasteiger partial charge < -0.3 is 15.8 Å². The Balaban J connectivity index is 1.80. The lowest BCUT2D eigenvalue weighted by Crippen LogP contribution is -2.65. The highest BCUT2D eigenvalue weighted by molar-refractivity contribution is 5.79. The van der Waals surface area contributed by atoms with Gasteiger partial charge in [0.05, 0.1) is 12.1 Å². The van der Waals surface area contributed by atoms with Gasteiger partial charge in [0.2, 0.25) is 5.91 Å². The van der Waals surface area contributed by atoms with Crippen molar-refractivity contribution in [3.05, 3.63) is 0 Å². The minimum Gasteiger partial charge on any atom is -0.376 e. The highest BCUT2D eigenvalue weighted by atomic mass is 16.5. The Bertz CT molecular complexity index is 249. The Morgan fingerprint density at radius 1 is 1.44 bits per heavy atom. The van der Waals surface area contributed by atoms with Gasteiger partial charge in [-0.25, -0.2) is 0 Å². The summed E-state index contributed by atoms with van der Waals surface area (Å²) < 4.78 is 5.53. The zero-order valence-electron chi connectivity index (χ0n) is 9.95. The summed E-state index contributed by atoms with van der Waals surface area (Å²) in [5, 5.41) is 3.05. The second-order valence-corrected chi connectivity index (χ2v) is 4.91. The Kier molecular flexibility index (Phi) is 3.82. The summed E-state index contributed by atoms with van der Waals surface area (Å²) in [5.74, 6) is 0.400. The Morgan fingerprint density at radius 2 is 2.12 bits per heavy atom. The van der Waals surface area contributed by atoms with Gasteiger partial charge in [-0.15, -0.1) is 0 Å². The summed E-state index contributed by atoms with van der Waals surface area (Å²) >= 11 is 0. The van der Waals surface area contributed by atoms with Crippen LogP contribution >= 0.6 is 0 Å². The SMILES string of the molecule is CCOC1CC(N)C1NC(=O)C1CCCC1. The van der Waals surface area contributed by atoms with Crippen molar-refractivity contribution in [1.29, 1.82) is 0 Å². The average molecular weight is 226 g/mol. The van der Waals surface area contributed by atoms with Crippen molar-refractivity contribution in [2.45, 2.75) is 57.2 Å². The predicted molar refractivity (Wildman–Crippen MR) is 61.9 cm³/mol. The van der Waals surface area contributed by atoms with Crippen LogP contribution in [0.5, 0.6) is 0 Å². The fourth-order valence-electron chi connectivity index (χ4n) is 2.70. The molecular weight excluding hydrogens is 204 g/mol. The molecule has 0 aromatic heterocycles. The molecule has 2 rings (SSSR count). The van der Waals surface area contributed by atoms with Crippen LogP contribution in [0, 0.1) is 5.92 Å². The lowest BCUT2D eigenvalue weighted by Gasteiger charge is -2.42. The van der Waals surface area contributed by atoms with Crippen LogP contribution in [0.4, 0.5) is 0 Å². The molecule has 0 spiro atoms. The molecular formula is C12H22N2O2. The van der Waals surface area contributed by atoms with Crippen LogP contribution in [0.25, 0.3) is 0 Å². The molecule has 0 radical (unpaired) electrons. The largest absolute Gasteiger partial charge is 0.376 e. The van der Waals surface area contributed by atoms with E-state index in [-0.39, 0.29) is 30.0 Å². The van der Waals surface area contributed by atoms with Gasteiger partial charge in [0.25, 0.3) is 0 Å². The minimum absolute atomic E-state index is 0.0352. The van der Waals surface area contributed by atoms with Gasteiger partial charge in [0.1, 0.15) is 0 Å². The van der Waals surface area contributed by atoms with Crippen LogP contribution in [0.1, 0.15) is 39.0 Å². The third-order valence-electron chi connectivity index (χ3n) is 3.78. The standard InChI is InChI=1S/C12H22N2O2/c1-2-16-10-7-9(13)11(10)14-12(15)8-5-3-4-6-8/h8-11H,2-7,13H2,1H3,(H,14,15). The zero-order valence-corrected chi connectivity index (χ0v) is 9.95. The van der Waals surface area contributed by atoms with Crippen molar-refractivity contribution >= 4 is 5.91 Å². The molecule has 2 fully saturated rings. The normalized spacial score (nSPS) is 34.8. The highest BCUT2D eigenvalue weighted by Gasteiger charge is 2.41. The maximum Gasteiger partial charge on any atom is 0.223 e. The summed E-state index contributed by atoms with van der Waals surface area (Å²) in [6.45, 7) is 2.66. The number of rotatable bonds is 4. The average Bonchev–Trinajstić information content (AvgIpc) is 2.79. The van der Waals surface area contributed by atoms with Crippen LogP contribution in [-0.4, -0.2) is 30.7 Å². The van der Waals surface area contributed by atoms with Crippen LogP contribution in [0.15, 0.2) is 0 Å². The first-order valence-electron chi connectivity index (χ1n) is 6.40. The van der Waals surface area contributed by atoms with Crippen LogP contribution in [0.2, 0.25) is 0 Å². The quantitative estimate of drug-likeness (QED) is 0.745. The highest BCUT2D eigenvalue weighted by Crippen LogP contribution is 2.27. The zero-order chi connectivity index (χ0) is 11.5. The Labute approximate surface area is 96.9 Å². The molecule has 4 heteroatoms. The fourth-order valence-corrected chi connectivity index (χ4v) is 2.70. The van der Waals surface area contributed by atoms with Gasteiger partial charge in [-0.3, -0.25) is 4.79 Å². The molecule has 3 atom stereocenters. The van der Waals surface area contributed by atoms with E-state index in [0.717, 1.165) is 19.3 Å². The molecule has 3 unspecified atom stereocenters. The van der Waals surface area contributed by atoms with E-state index < -0.39 is 0 Å². The van der Waals surface area contributed by atoms with Crippen molar-refractivity contribution < 1.29 is 9.53 Å². The third kappa shape index (κ3) is 2.38. The molecule has 4 nitrogen and oxygen atoms in total. The van der Waals surface area contributed by atoms with E-state index in [1.54, 1.807) is 0 Å². The Hall–Kier alpha value is -0.610. The molecule has 0 heterocycles. The van der Waals surface area contributed by atoms with Crippen molar-refractivity contribution in [3.63, 3.8) is 0 Å².